The van der Waals surface area contributed by atoms with Gasteiger partial charge in [-0.25, -0.2) is 0 Å². The Morgan fingerprint density at radius 1 is 0.525 bits per heavy atom. The molecule has 0 aromatic carbocycles. The average Bonchev–Trinajstić information content (AvgIpc) is 3.37. The van der Waals surface area contributed by atoms with E-state index in [1.165, 1.54) is 13.8 Å². The Kier molecular flexibility index (Phi) is 35.2. The lowest BCUT2D eigenvalue weighted by atomic mass is 9.99. The SMILES string of the molecule is CC(C)CCCCC(=O)N[C@@H](CCN)C(=O)N[C@@H](CN[C@@H](CCN)C(=O)N[C@H]1CCNC(=O)[C@H]([C@@H](C)O)NC(=O)[C@H](CCN)NC(=O)[C@H](CCN)NC(=O)[C@H](CC(C)C)NC(=O)[C@@H](CC(C)C)NC(=O)[C@H](CCN)NC1=O)[C@@H](C)O. The zero-order valence-corrected chi connectivity index (χ0v) is 48.5. The smallest absolute Gasteiger partial charge is 0.245 e. The van der Waals surface area contributed by atoms with Gasteiger partial charge in [0.1, 0.15) is 48.3 Å². The second kappa shape index (κ2) is 38.9. The molecule has 12 atom stereocenters. The molecule has 0 radical (unpaired) electrons. The standard InChI is InChI=1S/C52H100N16O12/c1-28(2)11-9-10-12-42(71)60-34(14-20-54)45(73)67-41(31(7)69)27-59-33(13-19-53)44(72)64-38-18-24-58-52(80)43(32(8)70)68-49(77)37(17-23-57)62-46(74)35(15-21-55)63-50(78)39(25-29(3)4)66-51(79)40(26-30(5)6)65-47(75)36(16-22-56)61-48(38)76/h28-41,43,59,69-70H,9-27,53-57H2,1-8H3,(H,58,80)(H,60,71)(H,61,76)(H,62,74)(H,63,78)(H,64,72)(H,65,75)(H,66,79)(H,67,73)(H,68,77)/t31-,32-,33+,34+,35+,36+,37+,38+,39+,40-,41+,43+/m1/s1. The minimum atomic E-state index is -1.64. The van der Waals surface area contributed by atoms with Crippen LogP contribution in [0.15, 0.2) is 0 Å². The summed E-state index contributed by atoms with van der Waals surface area (Å²) in [6.45, 7) is 13.1. The van der Waals surface area contributed by atoms with Crippen LogP contribution in [0.2, 0.25) is 0 Å². The summed E-state index contributed by atoms with van der Waals surface area (Å²) in [6.07, 6.45) is -0.616. The topological polar surface area (TPSA) is 474 Å². The third-order valence-corrected chi connectivity index (χ3v) is 13.2. The van der Waals surface area contributed by atoms with Crippen molar-refractivity contribution in [1.82, 2.24) is 58.5 Å². The molecule has 1 heterocycles. The quantitative estimate of drug-likeness (QED) is 0.0311. The van der Waals surface area contributed by atoms with E-state index in [0.29, 0.717) is 12.3 Å². The Hall–Kier alpha value is -5.62. The Bertz CT molecular complexity index is 1960. The number of hydrogen-bond donors (Lipinski definition) is 18. The molecule has 0 spiro atoms. The first-order valence-electron chi connectivity index (χ1n) is 28.3. The van der Waals surface area contributed by atoms with Gasteiger partial charge in [-0.05, 0) is 122 Å². The summed E-state index contributed by atoms with van der Waals surface area (Å²) in [5, 5.41) is 50.8. The molecule has 0 aromatic rings. The summed E-state index contributed by atoms with van der Waals surface area (Å²) in [6, 6.07) is -13.0. The highest BCUT2D eigenvalue weighted by Crippen LogP contribution is 2.13. The average molecular weight is 1140 g/mol. The van der Waals surface area contributed by atoms with Gasteiger partial charge in [-0.3, -0.25) is 47.9 Å². The Morgan fingerprint density at radius 2 is 0.975 bits per heavy atom. The van der Waals surface area contributed by atoms with Gasteiger partial charge in [0.25, 0.3) is 0 Å². The van der Waals surface area contributed by atoms with Crippen LogP contribution in [0.1, 0.15) is 132 Å². The van der Waals surface area contributed by atoms with E-state index in [9.17, 15) is 58.2 Å². The molecule has 1 aliphatic rings. The zero-order valence-electron chi connectivity index (χ0n) is 48.5. The van der Waals surface area contributed by atoms with Crippen LogP contribution < -0.4 is 87.2 Å². The minimum absolute atomic E-state index is 0.0354. The number of unbranched alkanes of at least 4 members (excludes halogenated alkanes) is 1. The predicted molar refractivity (Wildman–Crippen MR) is 301 cm³/mol. The molecule has 23 N–H and O–H groups in total. The van der Waals surface area contributed by atoms with Crippen molar-refractivity contribution in [2.24, 2.45) is 46.4 Å². The summed E-state index contributed by atoms with van der Waals surface area (Å²) < 4.78 is 0. The molecule has 1 fully saturated rings. The molecule has 1 aliphatic heterocycles. The van der Waals surface area contributed by atoms with E-state index < -0.39 is 126 Å². The van der Waals surface area contributed by atoms with Gasteiger partial charge in [0.15, 0.2) is 0 Å². The maximum atomic E-state index is 14.4. The van der Waals surface area contributed by atoms with Gasteiger partial charge in [-0.2, -0.15) is 0 Å². The fourth-order valence-corrected chi connectivity index (χ4v) is 8.65. The lowest BCUT2D eigenvalue weighted by Crippen LogP contribution is -2.61. The van der Waals surface area contributed by atoms with E-state index in [1.54, 1.807) is 27.7 Å². The van der Waals surface area contributed by atoms with E-state index >= 15 is 0 Å². The number of hydrogen-bond acceptors (Lipinski definition) is 18. The van der Waals surface area contributed by atoms with Crippen molar-refractivity contribution in [2.45, 2.75) is 205 Å². The van der Waals surface area contributed by atoms with Crippen LogP contribution in [0, 0.1) is 17.8 Å². The number of carbonyl (C=O) groups excluding carboxylic acids is 10. The second-order valence-electron chi connectivity index (χ2n) is 21.9. The summed E-state index contributed by atoms with van der Waals surface area (Å²) in [5.74, 6) is -7.61. The summed E-state index contributed by atoms with van der Waals surface area (Å²) in [7, 11) is 0. The highest BCUT2D eigenvalue weighted by Gasteiger charge is 2.36. The van der Waals surface area contributed by atoms with E-state index in [-0.39, 0.29) is 121 Å². The Labute approximate surface area is 471 Å². The first-order chi connectivity index (χ1) is 37.7. The fourth-order valence-electron chi connectivity index (χ4n) is 8.65. The lowest BCUT2D eigenvalue weighted by molar-refractivity contribution is -0.136. The molecule has 1 rings (SSSR count). The van der Waals surface area contributed by atoms with Crippen molar-refractivity contribution >= 4 is 59.1 Å². The number of aliphatic hydroxyl groups excluding tert-OH is 2. The highest BCUT2D eigenvalue weighted by molar-refractivity contribution is 5.98. The van der Waals surface area contributed by atoms with Gasteiger partial charge in [0.2, 0.25) is 59.1 Å². The van der Waals surface area contributed by atoms with Crippen LogP contribution in [0.4, 0.5) is 0 Å². The molecular formula is C52H100N16O12. The first-order valence-corrected chi connectivity index (χ1v) is 28.3. The minimum Gasteiger partial charge on any atom is -0.391 e. The monoisotopic (exact) mass is 1140 g/mol. The van der Waals surface area contributed by atoms with E-state index in [4.69, 9.17) is 28.7 Å². The summed E-state index contributed by atoms with van der Waals surface area (Å²) in [5.41, 5.74) is 29.3. The maximum absolute atomic E-state index is 14.4. The van der Waals surface area contributed by atoms with Crippen molar-refractivity contribution in [3.63, 3.8) is 0 Å². The number of amides is 10. The Morgan fingerprint density at radius 3 is 1.41 bits per heavy atom. The first kappa shape index (κ1) is 72.4. The molecule has 28 heteroatoms. The van der Waals surface area contributed by atoms with Gasteiger partial charge in [0, 0.05) is 19.5 Å². The lowest BCUT2D eigenvalue weighted by Gasteiger charge is -2.29. The molecule has 28 nitrogen and oxygen atoms in total. The molecule has 0 saturated carbocycles. The number of nitrogens with one attached hydrogen (secondary N) is 11. The molecule has 10 amide bonds. The zero-order chi connectivity index (χ0) is 60.6. The molecule has 0 bridgehead atoms. The van der Waals surface area contributed by atoms with Gasteiger partial charge in [-0.1, -0.05) is 54.4 Å². The highest BCUT2D eigenvalue weighted by atomic mass is 16.3. The van der Waals surface area contributed by atoms with Crippen LogP contribution in [-0.4, -0.2) is 188 Å². The molecular weight excluding hydrogens is 1040 g/mol. The van der Waals surface area contributed by atoms with Crippen LogP contribution in [0.25, 0.3) is 0 Å². The number of aliphatic hydroxyl groups is 2. The van der Waals surface area contributed by atoms with Gasteiger partial charge >= 0.3 is 0 Å². The number of carbonyl (C=O) groups is 10. The van der Waals surface area contributed by atoms with Crippen molar-refractivity contribution < 1.29 is 58.2 Å². The molecule has 1 saturated heterocycles. The van der Waals surface area contributed by atoms with Gasteiger partial charge in [-0.15, -0.1) is 0 Å². The molecule has 0 aromatic heterocycles. The van der Waals surface area contributed by atoms with Crippen molar-refractivity contribution in [1.29, 1.82) is 0 Å². The molecule has 0 aliphatic carbocycles. The van der Waals surface area contributed by atoms with Gasteiger partial charge in [0.05, 0.1) is 24.3 Å². The van der Waals surface area contributed by atoms with Crippen molar-refractivity contribution in [2.75, 3.05) is 45.8 Å². The summed E-state index contributed by atoms with van der Waals surface area (Å²) in [4.78, 5) is 139. The second-order valence-corrected chi connectivity index (χ2v) is 21.9. The van der Waals surface area contributed by atoms with Crippen LogP contribution in [-0.2, 0) is 47.9 Å². The largest absolute Gasteiger partial charge is 0.391 e. The van der Waals surface area contributed by atoms with E-state index in [2.05, 4.69) is 72.3 Å². The van der Waals surface area contributed by atoms with Crippen LogP contribution >= 0.6 is 0 Å². The van der Waals surface area contributed by atoms with E-state index in [0.717, 1.165) is 12.8 Å². The van der Waals surface area contributed by atoms with Crippen molar-refractivity contribution in [3.8, 4) is 0 Å². The van der Waals surface area contributed by atoms with Crippen molar-refractivity contribution in [3.05, 3.63) is 0 Å². The summed E-state index contributed by atoms with van der Waals surface area (Å²) >= 11 is 0. The van der Waals surface area contributed by atoms with Crippen LogP contribution in [0.3, 0.4) is 0 Å². The Balaban J connectivity index is 3.77. The molecule has 460 valence electrons. The number of nitrogens with two attached hydrogens (primary N) is 5. The third-order valence-electron chi connectivity index (χ3n) is 13.2. The molecule has 0 unspecified atom stereocenters. The van der Waals surface area contributed by atoms with E-state index in [1.807, 2.05) is 0 Å². The predicted octanol–water partition coefficient (Wildman–Crippen LogP) is -5.36. The maximum Gasteiger partial charge on any atom is 0.245 e. The molecule has 80 heavy (non-hydrogen) atoms. The number of rotatable bonds is 29. The fraction of sp³-hybridized carbons (Fsp3) is 0.808. The van der Waals surface area contributed by atoms with Crippen LogP contribution in [0.5, 0.6) is 0 Å². The third kappa shape index (κ3) is 27.7. The van der Waals surface area contributed by atoms with Gasteiger partial charge < -0.3 is 97.4 Å². The normalized spacial score (nSPS) is 23.5.